The fourth-order valence-corrected chi connectivity index (χ4v) is 2.97. The average molecular weight is 377 g/mol. The highest BCUT2D eigenvalue weighted by atomic mass is 16.2. The molecule has 0 spiro atoms. The molecular formula is C23H27N3O2. The van der Waals surface area contributed by atoms with Crippen LogP contribution in [0.15, 0.2) is 54.7 Å². The van der Waals surface area contributed by atoms with Crippen LogP contribution in [0, 0.1) is 5.41 Å². The third kappa shape index (κ3) is 4.42. The van der Waals surface area contributed by atoms with Crippen LogP contribution in [-0.2, 0) is 11.3 Å². The molecule has 1 heterocycles. The molecular weight excluding hydrogens is 350 g/mol. The van der Waals surface area contributed by atoms with E-state index >= 15 is 0 Å². The lowest BCUT2D eigenvalue weighted by Crippen LogP contribution is -2.27. The molecule has 146 valence electrons. The summed E-state index contributed by atoms with van der Waals surface area (Å²) in [6.45, 7) is 8.68. The van der Waals surface area contributed by atoms with Crippen molar-refractivity contribution in [2.24, 2.45) is 5.41 Å². The molecule has 1 aromatic heterocycles. The summed E-state index contributed by atoms with van der Waals surface area (Å²) >= 11 is 0. The molecule has 0 aliphatic heterocycles. The lowest BCUT2D eigenvalue weighted by Gasteiger charge is -2.18. The predicted octanol–water partition coefficient (Wildman–Crippen LogP) is 5.29. The molecule has 3 rings (SSSR count). The number of nitrogens with zero attached hydrogens (tertiary/aromatic N) is 1. The van der Waals surface area contributed by atoms with E-state index in [4.69, 9.17) is 0 Å². The predicted molar refractivity (Wildman–Crippen MR) is 115 cm³/mol. The van der Waals surface area contributed by atoms with Crippen LogP contribution in [0.2, 0.25) is 0 Å². The van der Waals surface area contributed by atoms with Crippen molar-refractivity contribution in [3.8, 4) is 0 Å². The Morgan fingerprint density at radius 3 is 2.43 bits per heavy atom. The first-order valence-corrected chi connectivity index (χ1v) is 9.59. The summed E-state index contributed by atoms with van der Waals surface area (Å²) in [6.07, 6.45) is 3.14. The highest BCUT2D eigenvalue weighted by Gasteiger charge is 2.21. The Bertz CT molecular complexity index is 1010. The zero-order valence-electron chi connectivity index (χ0n) is 16.9. The molecule has 2 aromatic carbocycles. The Hall–Kier alpha value is -3.08. The minimum Gasteiger partial charge on any atom is -0.347 e. The van der Waals surface area contributed by atoms with Crippen LogP contribution < -0.4 is 10.6 Å². The first-order chi connectivity index (χ1) is 13.3. The van der Waals surface area contributed by atoms with Gasteiger partial charge in [0.15, 0.2) is 0 Å². The summed E-state index contributed by atoms with van der Waals surface area (Å²) in [4.78, 5) is 24.8. The number of aromatic nitrogens is 1. The van der Waals surface area contributed by atoms with Gasteiger partial charge in [0.1, 0.15) is 0 Å². The van der Waals surface area contributed by atoms with E-state index in [0.717, 1.165) is 29.6 Å². The minimum atomic E-state index is -0.498. The van der Waals surface area contributed by atoms with E-state index in [-0.39, 0.29) is 11.8 Å². The Balaban J connectivity index is 1.75. The van der Waals surface area contributed by atoms with Crippen molar-refractivity contribution in [1.82, 2.24) is 4.57 Å². The number of hydrogen-bond donors (Lipinski definition) is 2. The van der Waals surface area contributed by atoms with Crippen LogP contribution in [0.3, 0.4) is 0 Å². The normalized spacial score (nSPS) is 11.4. The summed E-state index contributed by atoms with van der Waals surface area (Å²) in [5, 5.41) is 6.89. The van der Waals surface area contributed by atoms with Gasteiger partial charge in [-0.3, -0.25) is 9.59 Å². The van der Waals surface area contributed by atoms with Crippen molar-refractivity contribution in [3.63, 3.8) is 0 Å². The summed E-state index contributed by atoms with van der Waals surface area (Å²) < 4.78 is 2.21. The molecule has 2 N–H and O–H groups in total. The minimum absolute atomic E-state index is 0.0906. The molecule has 5 heteroatoms. The Kier molecular flexibility index (Phi) is 5.54. The number of fused-ring (bicyclic) bond motifs is 1. The van der Waals surface area contributed by atoms with E-state index in [0.29, 0.717) is 11.3 Å². The lowest BCUT2D eigenvalue weighted by molar-refractivity contribution is -0.123. The highest BCUT2D eigenvalue weighted by molar-refractivity contribution is 6.06. The Morgan fingerprint density at radius 1 is 0.964 bits per heavy atom. The molecule has 0 radical (unpaired) electrons. The number of carbonyl (C=O) groups excluding carboxylic acids is 2. The maximum Gasteiger partial charge on any atom is 0.255 e. The van der Waals surface area contributed by atoms with Crippen LogP contribution in [0.25, 0.3) is 10.9 Å². The van der Waals surface area contributed by atoms with Crippen LogP contribution in [0.4, 0.5) is 11.4 Å². The summed E-state index contributed by atoms with van der Waals surface area (Å²) in [7, 11) is 0. The van der Waals surface area contributed by atoms with Gasteiger partial charge in [-0.05, 0) is 48.9 Å². The van der Waals surface area contributed by atoms with E-state index in [9.17, 15) is 9.59 Å². The fourth-order valence-electron chi connectivity index (χ4n) is 2.97. The standard InChI is InChI=1S/C23H27N3O2/c1-5-12-26-13-11-16-14-19(9-10-20(16)26)24-21(27)17-7-6-8-18(15-17)25-22(28)23(2,3)4/h6-11,13-15H,5,12H2,1-4H3,(H,24,27)(H,25,28). The molecule has 0 fully saturated rings. The number of benzene rings is 2. The fraction of sp³-hybridized carbons (Fsp3) is 0.304. The van der Waals surface area contributed by atoms with Crippen molar-refractivity contribution >= 4 is 34.1 Å². The van der Waals surface area contributed by atoms with Gasteiger partial charge in [0.25, 0.3) is 5.91 Å². The van der Waals surface area contributed by atoms with Gasteiger partial charge in [0.2, 0.25) is 5.91 Å². The Morgan fingerprint density at radius 2 is 1.71 bits per heavy atom. The zero-order valence-corrected chi connectivity index (χ0v) is 16.9. The molecule has 0 atom stereocenters. The molecule has 0 saturated heterocycles. The third-order valence-corrected chi connectivity index (χ3v) is 4.56. The van der Waals surface area contributed by atoms with E-state index in [1.54, 1.807) is 24.3 Å². The molecule has 3 aromatic rings. The van der Waals surface area contributed by atoms with Gasteiger partial charge < -0.3 is 15.2 Å². The van der Waals surface area contributed by atoms with Gasteiger partial charge in [-0.25, -0.2) is 0 Å². The van der Waals surface area contributed by atoms with Crippen LogP contribution in [0.5, 0.6) is 0 Å². The number of rotatable bonds is 5. The van der Waals surface area contributed by atoms with Crippen molar-refractivity contribution in [1.29, 1.82) is 0 Å². The highest BCUT2D eigenvalue weighted by Crippen LogP contribution is 2.22. The maximum absolute atomic E-state index is 12.7. The second-order valence-corrected chi connectivity index (χ2v) is 8.02. The molecule has 2 amide bonds. The molecule has 0 unspecified atom stereocenters. The van der Waals surface area contributed by atoms with E-state index < -0.39 is 5.41 Å². The monoisotopic (exact) mass is 377 g/mol. The third-order valence-electron chi connectivity index (χ3n) is 4.56. The van der Waals surface area contributed by atoms with E-state index in [1.807, 2.05) is 39.0 Å². The quantitative estimate of drug-likeness (QED) is 0.635. The molecule has 0 aliphatic rings. The second-order valence-electron chi connectivity index (χ2n) is 8.02. The summed E-state index contributed by atoms with van der Waals surface area (Å²) in [6, 6.07) is 14.9. The van der Waals surface area contributed by atoms with E-state index in [2.05, 4.69) is 34.4 Å². The number of nitrogens with one attached hydrogen (secondary N) is 2. The first-order valence-electron chi connectivity index (χ1n) is 9.59. The molecule has 0 aliphatic carbocycles. The second kappa shape index (κ2) is 7.89. The molecule has 0 saturated carbocycles. The van der Waals surface area contributed by atoms with Gasteiger partial charge in [-0.1, -0.05) is 33.8 Å². The van der Waals surface area contributed by atoms with Crippen LogP contribution in [0.1, 0.15) is 44.5 Å². The molecule has 28 heavy (non-hydrogen) atoms. The zero-order chi connectivity index (χ0) is 20.3. The average Bonchev–Trinajstić information content (AvgIpc) is 3.04. The number of aryl methyl sites for hydroxylation is 1. The van der Waals surface area contributed by atoms with Gasteiger partial charge in [-0.15, -0.1) is 0 Å². The van der Waals surface area contributed by atoms with Crippen molar-refractivity contribution < 1.29 is 9.59 Å². The van der Waals surface area contributed by atoms with Gasteiger partial charge in [0, 0.05) is 46.0 Å². The van der Waals surface area contributed by atoms with Crippen molar-refractivity contribution in [2.45, 2.75) is 40.7 Å². The van der Waals surface area contributed by atoms with E-state index in [1.165, 1.54) is 0 Å². The SMILES string of the molecule is CCCn1ccc2cc(NC(=O)c3cccc(NC(=O)C(C)(C)C)c3)ccc21. The molecule has 5 nitrogen and oxygen atoms in total. The Labute approximate surface area is 165 Å². The topological polar surface area (TPSA) is 63.1 Å². The number of amides is 2. The maximum atomic E-state index is 12.7. The van der Waals surface area contributed by atoms with Gasteiger partial charge in [-0.2, -0.15) is 0 Å². The van der Waals surface area contributed by atoms with Gasteiger partial charge >= 0.3 is 0 Å². The number of anilines is 2. The first kappa shape index (κ1) is 19.7. The molecule has 0 bridgehead atoms. The smallest absolute Gasteiger partial charge is 0.255 e. The van der Waals surface area contributed by atoms with Crippen LogP contribution in [-0.4, -0.2) is 16.4 Å². The summed E-state index contributed by atoms with van der Waals surface area (Å²) in [5.74, 6) is -0.300. The summed E-state index contributed by atoms with van der Waals surface area (Å²) in [5.41, 5.74) is 2.51. The lowest BCUT2D eigenvalue weighted by atomic mass is 9.95. The van der Waals surface area contributed by atoms with Gasteiger partial charge in [0.05, 0.1) is 0 Å². The van der Waals surface area contributed by atoms with Crippen LogP contribution >= 0.6 is 0 Å². The van der Waals surface area contributed by atoms with Crippen molar-refractivity contribution in [2.75, 3.05) is 10.6 Å². The number of hydrogen-bond acceptors (Lipinski definition) is 2. The van der Waals surface area contributed by atoms with Crippen molar-refractivity contribution in [3.05, 3.63) is 60.3 Å². The number of carbonyl (C=O) groups is 2. The largest absolute Gasteiger partial charge is 0.347 e.